The molecule has 2 heterocycles. The van der Waals surface area contributed by atoms with Crippen LogP contribution in [0.15, 0.2) is 64.2 Å². The Kier molecular flexibility index (Phi) is 4.24. The second kappa shape index (κ2) is 6.84. The van der Waals surface area contributed by atoms with Gasteiger partial charge >= 0.3 is 0 Å². The summed E-state index contributed by atoms with van der Waals surface area (Å²) in [5.41, 5.74) is 2.69. The van der Waals surface area contributed by atoms with E-state index in [1.165, 1.54) is 0 Å². The second-order valence-electron chi connectivity index (χ2n) is 5.22. The maximum atomic E-state index is 5.68. The maximum Gasteiger partial charge on any atom is 0.256 e. The van der Waals surface area contributed by atoms with Crippen molar-refractivity contribution in [3.05, 3.63) is 54.6 Å². The Morgan fingerprint density at radius 3 is 2.71 bits per heavy atom. The van der Waals surface area contributed by atoms with Crippen LogP contribution in [0.5, 0.6) is 0 Å². The molecule has 4 rings (SSSR count). The van der Waals surface area contributed by atoms with Crippen molar-refractivity contribution < 1.29 is 4.42 Å². The normalized spacial score (nSPS) is 11.2. The van der Waals surface area contributed by atoms with Gasteiger partial charge in [0.25, 0.3) is 5.22 Å². The Balaban J connectivity index is 1.30. The lowest BCUT2D eigenvalue weighted by Gasteiger charge is -1.97. The number of nitrogens with zero attached hydrogens (tertiary/aromatic N) is 5. The summed E-state index contributed by atoms with van der Waals surface area (Å²) in [6.45, 7) is 0.715. The number of hydrogen-bond acceptors (Lipinski definition) is 6. The largest absolute Gasteiger partial charge is 0.431 e. The molecule has 0 aliphatic rings. The first kappa shape index (κ1) is 14.9. The van der Waals surface area contributed by atoms with Gasteiger partial charge in [0.15, 0.2) is 5.58 Å². The number of benzene rings is 2. The minimum Gasteiger partial charge on any atom is -0.431 e. The molecule has 0 bridgehead atoms. The molecule has 0 aliphatic heterocycles. The van der Waals surface area contributed by atoms with Crippen molar-refractivity contribution >= 4 is 22.9 Å². The van der Waals surface area contributed by atoms with Crippen LogP contribution in [0.4, 0.5) is 0 Å². The number of aromatic nitrogens is 5. The highest BCUT2D eigenvalue weighted by molar-refractivity contribution is 7.99. The summed E-state index contributed by atoms with van der Waals surface area (Å²) in [6.07, 6.45) is 0.911. The van der Waals surface area contributed by atoms with E-state index in [0.717, 1.165) is 28.8 Å². The predicted molar refractivity (Wildman–Crippen MR) is 92.6 cm³/mol. The van der Waals surface area contributed by atoms with E-state index >= 15 is 0 Å². The van der Waals surface area contributed by atoms with E-state index < -0.39 is 0 Å². The summed E-state index contributed by atoms with van der Waals surface area (Å²) < 4.78 is 5.68. The van der Waals surface area contributed by atoms with Crippen molar-refractivity contribution in [1.82, 2.24) is 25.2 Å². The highest BCUT2D eigenvalue weighted by atomic mass is 32.2. The maximum absolute atomic E-state index is 5.68. The molecule has 0 fully saturated rings. The molecule has 0 spiro atoms. The van der Waals surface area contributed by atoms with Gasteiger partial charge in [0.05, 0.1) is 6.54 Å². The van der Waals surface area contributed by atoms with Gasteiger partial charge in [-0.2, -0.15) is 4.80 Å². The number of tetrazole rings is 1. The van der Waals surface area contributed by atoms with Crippen LogP contribution in [0.1, 0.15) is 6.42 Å². The number of rotatable bonds is 6. The third-order valence-electron chi connectivity index (χ3n) is 3.49. The van der Waals surface area contributed by atoms with Crippen molar-refractivity contribution in [2.24, 2.45) is 0 Å². The summed E-state index contributed by atoms with van der Waals surface area (Å²) in [6, 6.07) is 17.6. The Bertz CT molecular complexity index is 901. The van der Waals surface area contributed by atoms with Gasteiger partial charge in [-0.15, -0.1) is 10.2 Å². The first-order valence-electron chi connectivity index (χ1n) is 7.70. The van der Waals surface area contributed by atoms with Crippen LogP contribution in [0.25, 0.3) is 22.5 Å². The summed E-state index contributed by atoms with van der Waals surface area (Å²) >= 11 is 1.60. The third-order valence-corrected chi connectivity index (χ3v) is 4.40. The van der Waals surface area contributed by atoms with Crippen molar-refractivity contribution in [2.75, 3.05) is 5.75 Å². The minimum absolute atomic E-state index is 0.655. The average Bonchev–Trinajstić information content (AvgIpc) is 3.26. The molecule has 0 amide bonds. The monoisotopic (exact) mass is 337 g/mol. The van der Waals surface area contributed by atoms with Gasteiger partial charge in [-0.1, -0.05) is 54.2 Å². The third kappa shape index (κ3) is 3.30. The zero-order valence-corrected chi connectivity index (χ0v) is 13.7. The smallest absolute Gasteiger partial charge is 0.256 e. The number of para-hydroxylation sites is 2. The molecule has 6 nitrogen and oxygen atoms in total. The van der Waals surface area contributed by atoms with E-state index in [1.807, 2.05) is 54.6 Å². The van der Waals surface area contributed by atoms with Gasteiger partial charge < -0.3 is 4.42 Å². The lowest BCUT2D eigenvalue weighted by Crippen LogP contribution is -2.03. The van der Waals surface area contributed by atoms with Gasteiger partial charge in [-0.05, 0) is 23.8 Å². The van der Waals surface area contributed by atoms with E-state index in [0.29, 0.717) is 17.6 Å². The van der Waals surface area contributed by atoms with Crippen LogP contribution >= 0.6 is 11.8 Å². The van der Waals surface area contributed by atoms with Gasteiger partial charge in [-0.3, -0.25) is 0 Å². The molecule has 0 atom stereocenters. The molecule has 2 aromatic heterocycles. The zero-order valence-electron chi connectivity index (χ0n) is 12.9. The molecule has 0 radical (unpaired) electrons. The standard InChI is InChI=1S/C17H15N5OS/c1-2-7-13(8-3-1)16-19-21-22(20-16)11-6-12-24-17-18-14-9-4-5-10-15(14)23-17/h1-5,7-10H,6,11-12H2. The fourth-order valence-electron chi connectivity index (χ4n) is 2.32. The molecule has 0 unspecified atom stereocenters. The van der Waals surface area contributed by atoms with Gasteiger partial charge in [0, 0.05) is 11.3 Å². The molecule has 4 aromatic rings. The van der Waals surface area contributed by atoms with Crippen molar-refractivity contribution in [1.29, 1.82) is 0 Å². The molecule has 24 heavy (non-hydrogen) atoms. The Morgan fingerprint density at radius 2 is 1.83 bits per heavy atom. The summed E-state index contributed by atoms with van der Waals surface area (Å²) in [5.74, 6) is 1.54. The molecule has 120 valence electrons. The molecule has 0 saturated heterocycles. The van der Waals surface area contributed by atoms with Crippen LogP contribution in [0, 0.1) is 0 Å². The number of aryl methyl sites for hydroxylation is 1. The number of thioether (sulfide) groups is 1. The van der Waals surface area contributed by atoms with Crippen molar-refractivity contribution in [2.45, 2.75) is 18.2 Å². The summed E-state index contributed by atoms with van der Waals surface area (Å²) in [4.78, 5) is 6.08. The molecule has 7 heteroatoms. The fraction of sp³-hybridized carbons (Fsp3) is 0.176. The first-order chi connectivity index (χ1) is 11.9. The van der Waals surface area contributed by atoms with Crippen LogP contribution in [-0.4, -0.2) is 30.9 Å². The van der Waals surface area contributed by atoms with Crippen molar-refractivity contribution in [3.63, 3.8) is 0 Å². The summed E-state index contributed by atoms with van der Waals surface area (Å²) in [7, 11) is 0. The van der Waals surface area contributed by atoms with Gasteiger partial charge in [-0.25, -0.2) is 4.98 Å². The minimum atomic E-state index is 0.655. The predicted octanol–water partition coefficient (Wildman–Crippen LogP) is 3.66. The SMILES string of the molecule is c1ccc(-c2nnn(CCCSc3nc4ccccc4o3)n2)cc1. The fourth-order valence-corrected chi connectivity index (χ4v) is 3.08. The Morgan fingerprint density at radius 1 is 1.00 bits per heavy atom. The van der Waals surface area contributed by atoms with Gasteiger partial charge in [0.2, 0.25) is 5.82 Å². The van der Waals surface area contributed by atoms with E-state index in [4.69, 9.17) is 4.42 Å². The lowest BCUT2D eigenvalue weighted by atomic mass is 10.2. The van der Waals surface area contributed by atoms with Crippen LogP contribution in [0.2, 0.25) is 0 Å². The number of oxazole rings is 1. The van der Waals surface area contributed by atoms with Crippen LogP contribution in [0.3, 0.4) is 0 Å². The average molecular weight is 337 g/mol. The number of hydrogen-bond donors (Lipinski definition) is 0. The Labute approximate surface area is 142 Å². The summed E-state index contributed by atoms with van der Waals surface area (Å²) in [5, 5.41) is 13.3. The van der Waals surface area contributed by atoms with E-state index in [-0.39, 0.29) is 0 Å². The van der Waals surface area contributed by atoms with Gasteiger partial charge in [0.1, 0.15) is 5.52 Å². The molecule has 0 N–H and O–H groups in total. The molecular formula is C17H15N5OS. The van der Waals surface area contributed by atoms with E-state index in [1.54, 1.807) is 16.6 Å². The van der Waals surface area contributed by atoms with Crippen molar-refractivity contribution in [3.8, 4) is 11.4 Å². The first-order valence-corrected chi connectivity index (χ1v) is 8.69. The van der Waals surface area contributed by atoms with Crippen LogP contribution < -0.4 is 0 Å². The second-order valence-corrected chi connectivity index (χ2v) is 6.27. The Hall–Kier alpha value is -2.67. The van der Waals surface area contributed by atoms with E-state index in [9.17, 15) is 0 Å². The topological polar surface area (TPSA) is 69.6 Å². The molecule has 0 aliphatic carbocycles. The highest BCUT2D eigenvalue weighted by Crippen LogP contribution is 2.23. The molecular weight excluding hydrogens is 322 g/mol. The molecule has 2 aromatic carbocycles. The zero-order chi connectivity index (χ0) is 16.2. The quantitative estimate of drug-likeness (QED) is 0.395. The van der Waals surface area contributed by atoms with Crippen LogP contribution in [-0.2, 0) is 6.54 Å². The van der Waals surface area contributed by atoms with E-state index in [2.05, 4.69) is 20.4 Å². The number of fused-ring (bicyclic) bond motifs is 1. The highest BCUT2D eigenvalue weighted by Gasteiger charge is 2.07. The lowest BCUT2D eigenvalue weighted by molar-refractivity contribution is 0.487. The molecule has 0 saturated carbocycles.